The SMILES string of the molecule is C=C(c1ccc(Cl)c(Cn2nc(C)c3cc(C(F)(F)F)ccc32)c1Cl)N1CCC(CC(=O)O)CC1. The summed E-state index contributed by atoms with van der Waals surface area (Å²) in [4.78, 5) is 13.1. The van der Waals surface area contributed by atoms with Gasteiger partial charge in [-0.1, -0.05) is 29.8 Å². The monoisotopic (exact) mass is 525 g/mol. The van der Waals surface area contributed by atoms with Gasteiger partial charge in [-0.15, -0.1) is 0 Å². The molecule has 1 aliphatic heterocycles. The molecule has 4 rings (SSSR count). The van der Waals surface area contributed by atoms with Gasteiger partial charge < -0.3 is 10.0 Å². The largest absolute Gasteiger partial charge is 0.481 e. The van der Waals surface area contributed by atoms with Crippen LogP contribution in [0.15, 0.2) is 36.9 Å². The molecule has 0 bridgehead atoms. The maximum atomic E-state index is 13.2. The number of aliphatic carboxylic acids is 1. The fourth-order valence-electron chi connectivity index (χ4n) is 4.58. The van der Waals surface area contributed by atoms with Gasteiger partial charge in [-0.25, -0.2) is 0 Å². The number of hydrogen-bond acceptors (Lipinski definition) is 3. The van der Waals surface area contributed by atoms with Crippen molar-refractivity contribution >= 4 is 45.8 Å². The minimum absolute atomic E-state index is 0.141. The third-order valence-corrected chi connectivity index (χ3v) is 7.31. The van der Waals surface area contributed by atoms with Gasteiger partial charge >= 0.3 is 12.1 Å². The average Bonchev–Trinajstić information content (AvgIpc) is 3.10. The Labute approximate surface area is 210 Å². The quantitative estimate of drug-likeness (QED) is 0.381. The third kappa shape index (κ3) is 5.28. The molecule has 0 atom stereocenters. The van der Waals surface area contributed by atoms with Crippen LogP contribution < -0.4 is 0 Å². The van der Waals surface area contributed by atoms with Crippen LogP contribution in [0.4, 0.5) is 13.2 Å². The highest BCUT2D eigenvalue weighted by Crippen LogP contribution is 2.37. The summed E-state index contributed by atoms with van der Waals surface area (Å²) in [5, 5.41) is 14.7. The number of carboxylic acids is 1. The maximum Gasteiger partial charge on any atom is 0.416 e. The molecule has 1 aromatic heterocycles. The van der Waals surface area contributed by atoms with Crippen LogP contribution in [0, 0.1) is 12.8 Å². The lowest BCUT2D eigenvalue weighted by Crippen LogP contribution is -2.33. The molecule has 1 saturated heterocycles. The first kappa shape index (κ1) is 25.4. The van der Waals surface area contributed by atoms with E-state index in [0.717, 1.165) is 30.7 Å². The van der Waals surface area contributed by atoms with Crippen molar-refractivity contribution in [3.05, 3.63) is 69.3 Å². The van der Waals surface area contributed by atoms with E-state index in [2.05, 4.69) is 16.6 Å². The first-order chi connectivity index (χ1) is 16.5. The van der Waals surface area contributed by atoms with Gasteiger partial charge in [-0.3, -0.25) is 9.48 Å². The number of alkyl halides is 3. The molecule has 1 aliphatic rings. The van der Waals surface area contributed by atoms with Gasteiger partial charge in [0.2, 0.25) is 0 Å². The molecule has 10 heteroatoms. The number of aromatic nitrogens is 2. The number of fused-ring (bicyclic) bond motifs is 1. The zero-order valence-corrected chi connectivity index (χ0v) is 20.5. The van der Waals surface area contributed by atoms with Crippen molar-refractivity contribution in [2.24, 2.45) is 5.92 Å². The third-order valence-electron chi connectivity index (χ3n) is 6.53. The van der Waals surface area contributed by atoms with E-state index in [1.165, 1.54) is 6.07 Å². The number of piperidine rings is 1. The Kier molecular flexibility index (Phi) is 7.06. The molecule has 3 aromatic rings. The predicted molar refractivity (Wildman–Crippen MR) is 131 cm³/mol. The smallest absolute Gasteiger partial charge is 0.416 e. The Morgan fingerprint density at radius 1 is 1.20 bits per heavy atom. The lowest BCUT2D eigenvalue weighted by molar-refractivity contribution is -0.139. The fraction of sp³-hybridized carbons (Fsp3) is 0.360. The van der Waals surface area contributed by atoms with E-state index in [-0.39, 0.29) is 18.9 Å². The standard InChI is InChI=1S/C25H24Cl2F3N3O2/c1-14-19-12-17(25(28,29)30)3-6-22(19)33(31-14)13-20-21(26)5-4-18(24(20)27)15(2)32-9-7-16(8-10-32)11-23(34)35/h3-6,12,16H,2,7-11,13H2,1H3,(H,34,35). The van der Waals surface area contributed by atoms with Crippen molar-refractivity contribution in [1.29, 1.82) is 0 Å². The number of carbonyl (C=O) groups is 1. The molecule has 0 unspecified atom stereocenters. The summed E-state index contributed by atoms with van der Waals surface area (Å²) in [5.74, 6) is -0.648. The topological polar surface area (TPSA) is 58.4 Å². The number of carboxylic acid groups (broad SMARTS) is 1. The minimum Gasteiger partial charge on any atom is -0.481 e. The van der Waals surface area contributed by atoms with Crippen LogP contribution in [0.3, 0.4) is 0 Å². The van der Waals surface area contributed by atoms with Crippen LogP contribution in [-0.4, -0.2) is 38.8 Å². The van der Waals surface area contributed by atoms with Gasteiger partial charge in [-0.05, 0) is 56.0 Å². The van der Waals surface area contributed by atoms with Gasteiger partial charge in [-0.2, -0.15) is 18.3 Å². The molecule has 0 amide bonds. The molecule has 0 radical (unpaired) electrons. The second kappa shape index (κ2) is 9.74. The van der Waals surface area contributed by atoms with E-state index in [1.54, 1.807) is 23.7 Å². The molecule has 186 valence electrons. The summed E-state index contributed by atoms with van der Waals surface area (Å²) in [5.41, 5.74) is 2.31. The van der Waals surface area contributed by atoms with Crippen LogP contribution in [0.25, 0.3) is 16.6 Å². The van der Waals surface area contributed by atoms with Crippen LogP contribution in [0.2, 0.25) is 10.0 Å². The van der Waals surface area contributed by atoms with Crippen molar-refractivity contribution < 1.29 is 23.1 Å². The van der Waals surface area contributed by atoms with E-state index in [1.807, 2.05) is 0 Å². The van der Waals surface area contributed by atoms with Crippen molar-refractivity contribution in [3.63, 3.8) is 0 Å². The molecule has 35 heavy (non-hydrogen) atoms. The number of nitrogens with zero attached hydrogens (tertiary/aromatic N) is 3. The van der Waals surface area contributed by atoms with Gasteiger partial charge in [0.1, 0.15) is 0 Å². The highest BCUT2D eigenvalue weighted by atomic mass is 35.5. The van der Waals surface area contributed by atoms with Crippen LogP contribution in [-0.2, 0) is 17.5 Å². The highest BCUT2D eigenvalue weighted by molar-refractivity contribution is 6.37. The van der Waals surface area contributed by atoms with Crippen LogP contribution in [0.5, 0.6) is 0 Å². The summed E-state index contributed by atoms with van der Waals surface area (Å²) in [7, 11) is 0. The molecule has 1 N–H and O–H groups in total. The molecule has 2 aromatic carbocycles. The molecule has 5 nitrogen and oxygen atoms in total. The van der Waals surface area contributed by atoms with E-state index in [0.29, 0.717) is 50.9 Å². The second-order valence-electron chi connectivity index (χ2n) is 8.84. The van der Waals surface area contributed by atoms with Crippen molar-refractivity contribution in [1.82, 2.24) is 14.7 Å². The van der Waals surface area contributed by atoms with E-state index < -0.39 is 17.7 Å². The number of likely N-dealkylation sites (tertiary alicyclic amines) is 1. The lowest BCUT2D eigenvalue weighted by atomic mass is 9.93. The molecular formula is C25H24Cl2F3N3O2. The first-order valence-corrected chi connectivity index (χ1v) is 11.9. The van der Waals surface area contributed by atoms with Gasteiger partial charge in [0.25, 0.3) is 0 Å². The van der Waals surface area contributed by atoms with E-state index >= 15 is 0 Å². The number of hydrogen-bond donors (Lipinski definition) is 1. The van der Waals surface area contributed by atoms with Crippen LogP contribution >= 0.6 is 23.2 Å². The summed E-state index contributed by atoms with van der Waals surface area (Å²) in [6.45, 7) is 7.40. The molecule has 0 saturated carbocycles. The summed E-state index contributed by atoms with van der Waals surface area (Å²) in [6.07, 6.45) is -2.77. The van der Waals surface area contributed by atoms with E-state index in [4.69, 9.17) is 28.3 Å². The predicted octanol–water partition coefficient (Wildman–Crippen LogP) is 6.88. The fourth-order valence-corrected chi connectivity index (χ4v) is 5.18. The summed E-state index contributed by atoms with van der Waals surface area (Å²) >= 11 is 13.3. The second-order valence-corrected chi connectivity index (χ2v) is 9.62. The van der Waals surface area contributed by atoms with Gasteiger partial charge in [0, 0.05) is 46.7 Å². The van der Waals surface area contributed by atoms with Gasteiger partial charge in [0.05, 0.1) is 28.3 Å². The number of rotatable bonds is 6. The lowest BCUT2D eigenvalue weighted by Gasteiger charge is -2.34. The minimum atomic E-state index is -4.44. The van der Waals surface area contributed by atoms with Gasteiger partial charge in [0.15, 0.2) is 0 Å². The molecular weight excluding hydrogens is 502 g/mol. The van der Waals surface area contributed by atoms with Crippen molar-refractivity contribution in [2.75, 3.05) is 13.1 Å². The Morgan fingerprint density at radius 2 is 1.89 bits per heavy atom. The zero-order chi connectivity index (χ0) is 25.5. The Bertz CT molecular complexity index is 1300. The Morgan fingerprint density at radius 3 is 2.51 bits per heavy atom. The average molecular weight is 526 g/mol. The number of aryl methyl sites for hydroxylation is 1. The molecule has 2 heterocycles. The zero-order valence-electron chi connectivity index (χ0n) is 19.0. The first-order valence-electron chi connectivity index (χ1n) is 11.1. The summed E-state index contributed by atoms with van der Waals surface area (Å²) in [6, 6.07) is 7.06. The normalized spacial score (nSPS) is 15.1. The maximum absolute atomic E-state index is 13.2. The molecule has 0 aliphatic carbocycles. The van der Waals surface area contributed by atoms with E-state index in [9.17, 15) is 18.0 Å². The Hall–Kier alpha value is -2.71. The van der Waals surface area contributed by atoms with Crippen molar-refractivity contribution in [3.8, 4) is 0 Å². The van der Waals surface area contributed by atoms with Crippen LogP contribution in [0.1, 0.15) is 41.6 Å². The number of halogens is 5. The van der Waals surface area contributed by atoms with Crippen molar-refractivity contribution in [2.45, 2.75) is 38.9 Å². The molecule has 0 spiro atoms. The highest BCUT2D eigenvalue weighted by Gasteiger charge is 2.31. The molecule has 1 fully saturated rings. The number of benzene rings is 2. The summed E-state index contributed by atoms with van der Waals surface area (Å²) < 4.78 is 41.1. The Balaban J connectivity index is 1.60.